The maximum absolute atomic E-state index is 12.4. The van der Waals surface area contributed by atoms with E-state index in [-0.39, 0.29) is 18.0 Å². The van der Waals surface area contributed by atoms with Gasteiger partial charge >= 0.3 is 5.97 Å². The van der Waals surface area contributed by atoms with Crippen LogP contribution in [0.3, 0.4) is 0 Å². The third-order valence-corrected chi connectivity index (χ3v) is 7.36. The van der Waals surface area contributed by atoms with Gasteiger partial charge in [-0.25, -0.2) is 4.98 Å². The van der Waals surface area contributed by atoms with Crippen molar-refractivity contribution in [2.45, 2.75) is 25.9 Å². The monoisotopic (exact) mass is 511 g/mol. The first-order valence-corrected chi connectivity index (χ1v) is 13.4. The van der Waals surface area contributed by atoms with Crippen LogP contribution in [0.2, 0.25) is 0 Å². The summed E-state index contributed by atoms with van der Waals surface area (Å²) >= 11 is 0. The lowest BCUT2D eigenvalue weighted by atomic mass is 10.00. The molecule has 3 aromatic heterocycles. The minimum atomic E-state index is -0.0334. The van der Waals surface area contributed by atoms with Crippen molar-refractivity contribution in [1.29, 1.82) is 0 Å². The predicted molar refractivity (Wildman–Crippen MR) is 148 cm³/mol. The largest absolute Gasteiger partial charge is 0.462 e. The molecule has 5 heterocycles. The smallest absolute Gasteiger partial charge is 0.311 e. The molecule has 2 saturated heterocycles. The van der Waals surface area contributed by atoms with Gasteiger partial charge in [0.2, 0.25) is 0 Å². The number of rotatable bonds is 8. The number of anilines is 1. The van der Waals surface area contributed by atoms with Gasteiger partial charge in [-0.15, -0.1) is 0 Å². The molecule has 196 valence electrons. The summed E-state index contributed by atoms with van der Waals surface area (Å²) in [5.74, 6) is -0.0264. The molecule has 1 aromatic carbocycles. The van der Waals surface area contributed by atoms with Crippen molar-refractivity contribution in [3.8, 4) is 22.6 Å². The lowest BCUT2D eigenvalue weighted by molar-refractivity contribution is -0.161. The molecule has 0 bridgehead atoms. The van der Waals surface area contributed by atoms with Crippen LogP contribution in [0.4, 0.5) is 5.69 Å². The number of benzene rings is 1. The van der Waals surface area contributed by atoms with E-state index in [9.17, 15) is 4.79 Å². The molecule has 3 N–H and O–H groups in total. The van der Waals surface area contributed by atoms with Crippen molar-refractivity contribution in [3.05, 3.63) is 60.7 Å². The molecule has 2 fully saturated rings. The molecule has 38 heavy (non-hydrogen) atoms. The van der Waals surface area contributed by atoms with E-state index in [1.807, 2.05) is 43.5 Å². The van der Waals surface area contributed by atoms with E-state index >= 15 is 0 Å². The van der Waals surface area contributed by atoms with Crippen molar-refractivity contribution in [3.63, 3.8) is 0 Å². The van der Waals surface area contributed by atoms with Crippen molar-refractivity contribution in [2.24, 2.45) is 5.92 Å². The van der Waals surface area contributed by atoms with Gasteiger partial charge in [-0.1, -0.05) is 12.1 Å². The van der Waals surface area contributed by atoms with E-state index in [0.717, 1.165) is 97.0 Å². The van der Waals surface area contributed by atoms with Crippen LogP contribution in [0.5, 0.6) is 0 Å². The van der Waals surface area contributed by atoms with Crippen LogP contribution in [0, 0.1) is 12.8 Å². The summed E-state index contributed by atoms with van der Waals surface area (Å²) < 4.78 is 5.69. The fourth-order valence-electron chi connectivity index (χ4n) is 5.20. The summed E-state index contributed by atoms with van der Waals surface area (Å²) in [5.41, 5.74) is 6.53. The Bertz CT molecular complexity index is 1420. The Labute approximate surface area is 222 Å². The molecule has 2 aliphatic heterocycles. The summed E-state index contributed by atoms with van der Waals surface area (Å²) in [7, 11) is 0. The summed E-state index contributed by atoms with van der Waals surface area (Å²) in [4.78, 5) is 31.8. The topological polar surface area (TPSA) is 108 Å². The quantitative estimate of drug-likeness (QED) is 0.308. The lowest BCUT2D eigenvalue weighted by Crippen LogP contribution is -2.52. The van der Waals surface area contributed by atoms with Crippen LogP contribution in [-0.2, 0) is 9.53 Å². The number of aromatic amines is 1. The second-order valence-corrected chi connectivity index (χ2v) is 10.2. The number of hydrogen-bond donors (Lipinski definition) is 3. The Morgan fingerprint density at radius 1 is 1.13 bits per heavy atom. The van der Waals surface area contributed by atoms with Crippen LogP contribution >= 0.6 is 0 Å². The molecule has 0 atom stereocenters. The Hall–Kier alpha value is -3.82. The van der Waals surface area contributed by atoms with Crippen LogP contribution in [-0.4, -0.2) is 76.2 Å². The summed E-state index contributed by atoms with van der Waals surface area (Å²) in [6, 6.07) is 14.3. The zero-order chi connectivity index (χ0) is 25.9. The Balaban J connectivity index is 1.05. The number of nitrogens with zero attached hydrogens (tertiary/aromatic N) is 4. The number of esters is 1. The molecule has 0 unspecified atom stereocenters. The number of imidazole rings is 1. The van der Waals surface area contributed by atoms with Crippen LogP contribution in [0.15, 0.2) is 55.0 Å². The van der Waals surface area contributed by atoms with E-state index in [0.29, 0.717) is 0 Å². The summed E-state index contributed by atoms with van der Waals surface area (Å²) in [6.45, 7) is 7.04. The number of fused-ring (bicyclic) bond motifs is 1. The van der Waals surface area contributed by atoms with Gasteiger partial charge in [0.05, 0.1) is 46.7 Å². The third kappa shape index (κ3) is 5.39. The van der Waals surface area contributed by atoms with Gasteiger partial charge < -0.3 is 20.4 Å². The number of nitrogens with one attached hydrogen (secondary N) is 3. The molecule has 0 radical (unpaired) electrons. The molecule has 0 saturated carbocycles. The minimum absolute atomic E-state index is 0.00701. The highest BCUT2D eigenvalue weighted by molar-refractivity contribution is 5.88. The van der Waals surface area contributed by atoms with E-state index in [2.05, 4.69) is 47.6 Å². The molecule has 9 nitrogen and oxygen atoms in total. The SMILES string of the molecule is Cc1cccc(-c2[nH]cnc2-c2ccc3ncc(NCCN4CC(C(=O)OC5CCNCC5)C4)cc3c2)n1. The Morgan fingerprint density at radius 3 is 2.84 bits per heavy atom. The van der Waals surface area contributed by atoms with E-state index < -0.39 is 0 Å². The van der Waals surface area contributed by atoms with Gasteiger partial charge in [0.1, 0.15) is 6.10 Å². The fourth-order valence-corrected chi connectivity index (χ4v) is 5.20. The lowest BCUT2D eigenvalue weighted by Gasteiger charge is -2.38. The summed E-state index contributed by atoms with van der Waals surface area (Å²) in [6.07, 6.45) is 5.50. The van der Waals surface area contributed by atoms with Gasteiger partial charge in [-0.05, 0) is 63.2 Å². The van der Waals surface area contributed by atoms with Crippen molar-refractivity contribution >= 4 is 22.6 Å². The zero-order valence-corrected chi connectivity index (χ0v) is 21.6. The highest BCUT2D eigenvalue weighted by Crippen LogP contribution is 2.30. The zero-order valence-electron chi connectivity index (χ0n) is 21.6. The number of hydrogen-bond acceptors (Lipinski definition) is 8. The van der Waals surface area contributed by atoms with Crippen LogP contribution in [0.1, 0.15) is 18.5 Å². The first kappa shape index (κ1) is 24.5. The first-order valence-electron chi connectivity index (χ1n) is 13.4. The molecule has 0 spiro atoms. The van der Waals surface area contributed by atoms with Gasteiger partial charge in [0.25, 0.3) is 0 Å². The molecule has 4 aromatic rings. The van der Waals surface area contributed by atoms with Crippen molar-refractivity contribution in [2.75, 3.05) is 44.6 Å². The molecular formula is C29H33N7O2. The highest BCUT2D eigenvalue weighted by Gasteiger charge is 2.34. The van der Waals surface area contributed by atoms with Crippen LogP contribution in [0.25, 0.3) is 33.5 Å². The minimum Gasteiger partial charge on any atom is -0.462 e. The molecule has 0 aliphatic carbocycles. The van der Waals surface area contributed by atoms with Crippen molar-refractivity contribution in [1.82, 2.24) is 30.2 Å². The second-order valence-electron chi connectivity index (χ2n) is 10.2. The Morgan fingerprint density at radius 2 is 2.00 bits per heavy atom. The standard InChI is InChI=1S/C29H33N7O2/c1-19-3-2-4-26(35-19)28-27(33-18-34-28)20-5-6-25-21(13-20)14-23(15-32-25)31-11-12-36-16-22(17-36)29(37)38-24-7-9-30-10-8-24/h2-6,13-15,18,22,24,30-31H,7-12,16-17H2,1H3,(H,33,34). The van der Waals surface area contributed by atoms with Crippen molar-refractivity contribution < 1.29 is 9.53 Å². The highest BCUT2D eigenvalue weighted by atomic mass is 16.5. The van der Waals surface area contributed by atoms with Gasteiger partial charge in [0.15, 0.2) is 0 Å². The number of carbonyl (C=O) groups excluding carboxylic acids is 1. The van der Waals surface area contributed by atoms with Gasteiger partial charge in [0, 0.05) is 42.8 Å². The number of aromatic nitrogens is 4. The van der Waals surface area contributed by atoms with Crippen LogP contribution < -0.4 is 10.6 Å². The molecule has 2 aliphatic rings. The second kappa shape index (κ2) is 10.9. The maximum Gasteiger partial charge on any atom is 0.311 e. The Kier molecular flexibility index (Phi) is 7.02. The number of carbonyl (C=O) groups is 1. The number of aryl methyl sites for hydroxylation is 1. The number of H-pyrrole nitrogens is 1. The fraction of sp³-hybridized carbons (Fsp3) is 0.379. The molecule has 0 amide bonds. The first-order chi connectivity index (χ1) is 18.6. The number of piperidine rings is 1. The number of ether oxygens (including phenoxy) is 1. The molecule has 9 heteroatoms. The molecular weight excluding hydrogens is 478 g/mol. The van der Waals surface area contributed by atoms with E-state index in [1.54, 1.807) is 6.33 Å². The predicted octanol–water partition coefficient (Wildman–Crippen LogP) is 3.63. The van der Waals surface area contributed by atoms with Gasteiger partial charge in [-0.2, -0.15) is 0 Å². The third-order valence-electron chi connectivity index (χ3n) is 7.36. The number of pyridine rings is 2. The average molecular weight is 512 g/mol. The van der Waals surface area contributed by atoms with Gasteiger partial charge in [-0.3, -0.25) is 19.7 Å². The van der Waals surface area contributed by atoms with E-state index in [4.69, 9.17) is 4.74 Å². The average Bonchev–Trinajstić information content (AvgIpc) is 3.40. The maximum atomic E-state index is 12.4. The van der Waals surface area contributed by atoms with E-state index in [1.165, 1.54) is 0 Å². The normalized spacial score (nSPS) is 16.9. The molecule has 6 rings (SSSR count). The summed E-state index contributed by atoms with van der Waals surface area (Å²) in [5, 5.41) is 7.83. The number of likely N-dealkylation sites (tertiary alicyclic amines) is 1.